The zero-order chi connectivity index (χ0) is 26.3. The molecular weight excluding hydrogens is 500 g/mol. The van der Waals surface area contributed by atoms with Crippen LogP contribution in [0.25, 0.3) is 0 Å². The predicted octanol–water partition coefficient (Wildman–Crippen LogP) is 4.11. The van der Waals surface area contributed by atoms with E-state index in [1.165, 1.54) is 4.90 Å². The van der Waals surface area contributed by atoms with Gasteiger partial charge in [0.1, 0.15) is 12.6 Å². The second-order valence-corrected chi connectivity index (χ2v) is 10.5. The zero-order valence-corrected chi connectivity index (χ0v) is 21.7. The van der Waals surface area contributed by atoms with Crippen molar-refractivity contribution in [1.82, 2.24) is 10.2 Å². The molecule has 1 N–H and O–H groups in total. The van der Waals surface area contributed by atoms with E-state index in [-0.39, 0.29) is 30.6 Å². The van der Waals surface area contributed by atoms with Crippen LogP contribution in [0, 0.1) is 11.6 Å². The van der Waals surface area contributed by atoms with Crippen molar-refractivity contribution in [2.45, 2.75) is 52.2 Å². The van der Waals surface area contributed by atoms with Gasteiger partial charge in [0, 0.05) is 23.7 Å². The summed E-state index contributed by atoms with van der Waals surface area (Å²) < 4.78 is 52.9. The van der Waals surface area contributed by atoms with E-state index in [4.69, 9.17) is 11.6 Å². The van der Waals surface area contributed by atoms with Gasteiger partial charge in [-0.2, -0.15) is 0 Å². The van der Waals surface area contributed by atoms with Crippen molar-refractivity contribution in [3.63, 3.8) is 0 Å². The van der Waals surface area contributed by atoms with Gasteiger partial charge in [-0.05, 0) is 43.5 Å². The van der Waals surface area contributed by atoms with Crippen LogP contribution in [0.3, 0.4) is 0 Å². The molecule has 0 unspecified atom stereocenters. The Hall–Kier alpha value is -2.72. The second kappa shape index (κ2) is 12.3. The number of hydrogen-bond acceptors (Lipinski definition) is 4. The smallest absolute Gasteiger partial charge is 0.244 e. The van der Waals surface area contributed by atoms with Gasteiger partial charge in [0.25, 0.3) is 0 Å². The van der Waals surface area contributed by atoms with Gasteiger partial charge in [-0.1, -0.05) is 43.6 Å². The van der Waals surface area contributed by atoms with Crippen LogP contribution in [0.15, 0.2) is 42.5 Å². The molecule has 0 saturated carbocycles. The van der Waals surface area contributed by atoms with Crippen LogP contribution >= 0.6 is 11.6 Å². The number of hydrogen-bond donors (Lipinski definition) is 1. The lowest BCUT2D eigenvalue weighted by Crippen LogP contribution is -2.53. The number of nitrogens with zero attached hydrogens (tertiary/aromatic N) is 2. The van der Waals surface area contributed by atoms with Crippen molar-refractivity contribution in [2.75, 3.05) is 17.1 Å². The minimum absolute atomic E-state index is 0.0552. The van der Waals surface area contributed by atoms with Gasteiger partial charge in [0.15, 0.2) is 11.6 Å². The Morgan fingerprint density at radius 1 is 1.06 bits per heavy atom. The Bertz CT molecular complexity index is 1160. The molecule has 7 nitrogen and oxygen atoms in total. The standard InChI is InChI=1S/C24H30ClF2N3O4S/c1-5-16(3)28-24(32)22(6-2)29(14-17-9-7-8-10-19(17)25)23(31)15-30(35(4,33)34)18-11-12-20(26)21(27)13-18/h7-13,16,22H,5-6,14-15H2,1-4H3,(H,28,32)/t16-,22+/m1/s1. The Balaban J connectivity index is 2.47. The maximum atomic E-state index is 13.8. The summed E-state index contributed by atoms with van der Waals surface area (Å²) in [6, 6.07) is 8.29. The van der Waals surface area contributed by atoms with E-state index in [1.807, 2.05) is 13.8 Å². The van der Waals surface area contributed by atoms with E-state index in [2.05, 4.69) is 5.32 Å². The number of amides is 2. The highest BCUT2D eigenvalue weighted by atomic mass is 35.5. The molecule has 2 amide bonds. The largest absolute Gasteiger partial charge is 0.352 e. The van der Waals surface area contributed by atoms with Gasteiger partial charge in [0.05, 0.1) is 11.9 Å². The molecule has 0 saturated heterocycles. The first kappa shape index (κ1) is 28.5. The van der Waals surface area contributed by atoms with E-state index in [0.29, 0.717) is 27.4 Å². The van der Waals surface area contributed by atoms with Crippen molar-refractivity contribution < 1.29 is 26.8 Å². The molecule has 2 atom stereocenters. The van der Waals surface area contributed by atoms with E-state index >= 15 is 0 Å². The first-order chi connectivity index (χ1) is 16.4. The summed E-state index contributed by atoms with van der Waals surface area (Å²) in [5, 5.41) is 3.23. The summed E-state index contributed by atoms with van der Waals surface area (Å²) in [7, 11) is -4.06. The molecule has 0 radical (unpaired) electrons. The molecule has 0 aliphatic carbocycles. The average molecular weight is 530 g/mol. The number of carbonyl (C=O) groups excluding carboxylic acids is 2. The minimum atomic E-state index is -4.06. The lowest BCUT2D eigenvalue weighted by molar-refractivity contribution is -0.140. The van der Waals surface area contributed by atoms with Crippen LogP contribution in [0.1, 0.15) is 39.2 Å². The van der Waals surface area contributed by atoms with Crippen LogP contribution in [0.2, 0.25) is 5.02 Å². The third-order valence-electron chi connectivity index (χ3n) is 5.56. The Morgan fingerprint density at radius 3 is 2.26 bits per heavy atom. The number of sulfonamides is 1. The maximum Gasteiger partial charge on any atom is 0.244 e. The molecule has 0 aromatic heterocycles. The van der Waals surface area contributed by atoms with Crippen molar-refractivity contribution >= 4 is 39.1 Å². The highest BCUT2D eigenvalue weighted by Crippen LogP contribution is 2.23. The zero-order valence-electron chi connectivity index (χ0n) is 20.1. The molecule has 11 heteroatoms. The Morgan fingerprint density at radius 2 is 1.71 bits per heavy atom. The molecule has 0 bridgehead atoms. The van der Waals surface area contributed by atoms with E-state index in [9.17, 15) is 26.8 Å². The van der Waals surface area contributed by atoms with E-state index < -0.39 is 40.2 Å². The molecule has 2 aromatic carbocycles. The minimum Gasteiger partial charge on any atom is -0.352 e. The number of carbonyl (C=O) groups is 2. The summed E-state index contributed by atoms with van der Waals surface area (Å²) in [5.74, 6) is -3.50. The quantitative estimate of drug-likeness (QED) is 0.474. The monoisotopic (exact) mass is 529 g/mol. The molecule has 2 rings (SSSR count). The predicted molar refractivity (Wildman–Crippen MR) is 133 cm³/mol. The third kappa shape index (κ3) is 7.63. The topological polar surface area (TPSA) is 86.8 Å². The molecular formula is C24H30ClF2N3O4S. The average Bonchev–Trinajstić information content (AvgIpc) is 2.79. The van der Waals surface area contributed by atoms with Crippen LogP contribution in [0.5, 0.6) is 0 Å². The molecule has 0 aliphatic heterocycles. The van der Waals surface area contributed by atoms with Gasteiger partial charge >= 0.3 is 0 Å². The number of anilines is 1. The summed E-state index contributed by atoms with van der Waals surface area (Å²) >= 11 is 6.29. The second-order valence-electron chi connectivity index (χ2n) is 8.22. The van der Waals surface area contributed by atoms with Crippen LogP contribution in [0.4, 0.5) is 14.5 Å². The first-order valence-corrected chi connectivity index (χ1v) is 13.4. The molecule has 0 spiro atoms. The molecule has 0 heterocycles. The molecule has 35 heavy (non-hydrogen) atoms. The van der Waals surface area contributed by atoms with E-state index in [1.54, 1.807) is 31.2 Å². The number of rotatable bonds is 11. The van der Waals surface area contributed by atoms with E-state index in [0.717, 1.165) is 18.4 Å². The third-order valence-corrected chi connectivity index (χ3v) is 7.07. The van der Waals surface area contributed by atoms with Gasteiger partial charge in [-0.15, -0.1) is 0 Å². The molecule has 0 fully saturated rings. The Labute approximate surface area is 210 Å². The molecule has 192 valence electrons. The SMILES string of the molecule is CC[C@@H](C)NC(=O)[C@H](CC)N(Cc1ccccc1Cl)C(=O)CN(c1ccc(F)c(F)c1)S(C)(=O)=O. The van der Waals surface area contributed by atoms with Crippen molar-refractivity contribution in [3.05, 3.63) is 64.7 Å². The lowest BCUT2D eigenvalue weighted by Gasteiger charge is -2.33. The van der Waals surface area contributed by atoms with Crippen molar-refractivity contribution in [3.8, 4) is 0 Å². The molecule has 2 aromatic rings. The van der Waals surface area contributed by atoms with Crippen LogP contribution in [-0.4, -0.2) is 50.0 Å². The number of benzene rings is 2. The lowest BCUT2D eigenvalue weighted by atomic mass is 10.1. The fourth-order valence-corrected chi connectivity index (χ4v) is 4.46. The van der Waals surface area contributed by atoms with Crippen LogP contribution < -0.4 is 9.62 Å². The van der Waals surface area contributed by atoms with Crippen molar-refractivity contribution in [1.29, 1.82) is 0 Å². The van der Waals surface area contributed by atoms with Gasteiger partial charge in [-0.25, -0.2) is 17.2 Å². The van der Waals surface area contributed by atoms with Gasteiger partial charge in [-0.3, -0.25) is 13.9 Å². The summed E-state index contributed by atoms with van der Waals surface area (Å²) in [4.78, 5) is 27.8. The highest BCUT2D eigenvalue weighted by molar-refractivity contribution is 7.92. The van der Waals surface area contributed by atoms with Gasteiger partial charge < -0.3 is 10.2 Å². The summed E-state index contributed by atoms with van der Waals surface area (Å²) in [6.07, 6.45) is 1.79. The highest BCUT2D eigenvalue weighted by Gasteiger charge is 2.32. The summed E-state index contributed by atoms with van der Waals surface area (Å²) in [6.45, 7) is 4.70. The number of nitrogens with one attached hydrogen (secondary N) is 1. The van der Waals surface area contributed by atoms with Crippen molar-refractivity contribution in [2.24, 2.45) is 0 Å². The first-order valence-electron chi connectivity index (χ1n) is 11.1. The fourth-order valence-electron chi connectivity index (χ4n) is 3.42. The maximum absolute atomic E-state index is 13.8. The Kier molecular flexibility index (Phi) is 10.0. The van der Waals surface area contributed by atoms with Crippen LogP contribution in [-0.2, 0) is 26.2 Å². The normalized spacial score (nSPS) is 13.1. The molecule has 0 aliphatic rings. The number of halogens is 3. The van der Waals surface area contributed by atoms with Gasteiger partial charge in [0.2, 0.25) is 21.8 Å². The summed E-state index contributed by atoms with van der Waals surface area (Å²) in [5.41, 5.74) is 0.352. The fraction of sp³-hybridized carbons (Fsp3) is 0.417.